The molecule has 0 saturated heterocycles. The molecule has 2 amide bonds. The molecule has 4 rings (SSSR count). The first kappa shape index (κ1) is 23.9. The van der Waals surface area contributed by atoms with Gasteiger partial charge in [-0.05, 0) is 55.5 Å². The van der Waals surface area contributed by atoms with E-state index in [1.54, 1.807) is 36.5 Å². The Bertz CT molecular complexity index is 1310. The van der Waals surface area contributed by atoms with Crippen LogP contribution in [0.3, 0.4) is 0 Å². The second-order valence-electron chi connectivity index (χ2n) is 7.44. The fourth-order valence-corrected chi connectivity index (χ4v) is 4.14. The first-order valence-corrected chi connectivity index (χ1v) is 11.8. The Balaban J connectivity index is 1.38. The van der Waals surface area contributed by atoms with Crippen molar-refractivity contribution in [3.63, 3.8) is 0 Å². The lowest BCUT2D eigenvalue weighted by molar-refractivity contribution is -0.115. The summed E-state index contributed by atoms with van der Waals surface area (Å²) in [6.07, 6.45) is 3.22. The molecule has 2 aromatic heterocycles. The Morgan fingerprint density at radius 2 is 1.89 bits per heavy atom. The average Bonchev–Trinajstić information content (AvgIpc) is 3.34. The van der Waals surface area contributed by atoms with Gasteiger partial charge in [-0.15, -0.1) is 11.3 Å². The van der Waals surface area contributed by atoms with Gasteiger partial charge in [0.1, 0.15) is 16.5 Å². The summed E-state index contributed by atoms with van der Waals surface area (Å²) in [6, 6.07) is 16.1. The minimum atomic E-state index is -0.306. The summed E-state index contributed by atoms with van der Waals surface area (Å²) in [7, 11) is 1.50. The fraction of sp³-hybridized carbons (Fsp3) is 0.154. The van der Waals surface area contributed by atoms with Crippen LogP contribution in [-0.2, 0) is 11.2 Å². The molecule has 35 heavy (non-hydrogen) atoms. The Morgan fingerprint density at radius 1 is 1.06 bits per heavy atom. The van der Waals surface area contributed by atoms with Crippen LogP contribution < -0.4 is 20.1 Å². The van der Waals surface area contributed by atoms with Crippen LogP contribution in [0.4, 0.5) is 11.4 Å². The monoisotopic (exact) mass is 488 g/mol. The molecule has 4 aromatic rings. The number of carbonyl (C=O) groups is 2. The van der Waals surface area contributed by atoms with Gasteiger partial charge in [0.2, 0.25) is 5.91 Å². The van der Waals surface area contributed by atoms with Crippen molar-refractivity contribution in [3.05, 3.63) is 83.6 Å². The van der Waals surface area contributed by atoms with Crippen molar-refractivity contribution in [1.29, 1.82) is 0 Å². The third kappa shape index (κ3) is 6.21. The van der Waals surface area contributed by atoms with E-state index in [0.717, 1.165) is 16.3 Å². The summed E-state index contributed by atoms with van der Waals surface area (Å²) < 4.78 is 10.9. The van der Waals surface area contributed by atoms with Crippen molar-refractivity contribution < 1.29 is 19.1 Å². The van der Waals surface area contributed by atoms with E-state index in [2.05, 4.69) is 20.6 Å². The lowest BCUT2D eigenvalue weighted by Gasteiger charge is -2.12. The largest absolute Gasteiger partial charge is 0.494 e. The van der Waals surface area contributed by atoms with E-state index in [0.29, 0.717) is 35.0 Å². The van der Waals surface area contributed by atoms with E-state index >= 15 is 0 Å². The third-order valence-corrected chi connectivity index (χ3v) is 5.90. The number of benzene rings is 2. The highest BCUT2D eigenvalue weighted by atomic mass is 32.1. The molecule has 8 nitrogen and oxygen atoms in total. The molecule has 2 heterocycles. The Labute approximate surface area is 207 Å². The number of rotatable bonds is 9. The summed E-state index contributed by atoms with van der Waals surface area (Å²) in [5, 5.41) is 8.37. The molecular weight excluding hydrogens is 464 g/mol. The number of methoxy groups -OCH3 is 1. The van der Waals surface area contributed by atoms with E-state index < -0.39 is 0 Å². The van der Waals surface area contributed by atoms with Crippen LogP contribution in [0.5, 0.6) is 11.5 Å². The van der Waals surface area contributed by atoms with Gasteiger partial charge < -0.3 is 20.1 Å². The van der Waals surface area contributed by atoms with Crippen molar-refractivity contribution in [2.75, 3.05) is 24.4 Å². The van der Waals surface area contributed by atoms with Crippen molar-refractivity contribution in [2.24, 2.45) is 0 Å². The normalized spacial score (nSPS) is 10.5. The molecule has 0 radical (unpaired) electrons. The zero-order valence-electron chi connectivity index (χ0n) is 19.3. The molecule has 0 spiro atoms. The zero-order chi connectivity index (χ0) is 24.6. The van der Waals surface area contributed by atoms with Gasteiger partial charge in [-0.25, -0.2) is 4.98 Å². The van der Waals surface area contributed by atoms with Crippen LogP contribution in [-0.4, -0.2) is 35.5 Å². The number of carbonyl (C=O) groups excluding carboxylic acids is 2. The number of amides is 2. The standard InChI is InChI=1S/C26H24N4O4S/c1-3-34-21-9-6-17(7-10-21)26-29-20(16-35-26)14-24(31)28-19-8-11-22(23(13-19)33-2)30-25(32)18-5-4-12-27-15-18/h4-13,15-16H,3,14H2,1-2H3,(H,28,31)(H,30,32). The molecule has 0 atom stereocenters. The molecule has 2 N–H and O–H groups in total. The van der Waals surface area contributed by atoms with Crippen LogP contribution in [0, 0.1) is 0 Å². The number of nitrogens with zero attached hydrogens (tertiary/aromatic N) is 2. The van der Waals surface area contributed by atoms with Crippen molar-refractivity contribution in [1.82, 2.24) is 9.97 Å². The topological polar surface area (TPSA) is 102 Å². The molecule has 178 valence electrons. The number of hydrogen-bond acceptors (Lipinski definition) is 7. The quantitative estimate of drug-likeness (QED) is 0.342. The third-order valence-electron chi connectivity index (χ3n) is 4.96. The van der Waals surface area contributed by atoms with Gasteiger partial charge in [-0.3, -0.25) is 14.6 Å². The number of nitrogens with one attached hydrogen (secondary N) is 2. The number of pyridine rings is 1. The molecule has 2 aromatic carbocycles. The van der Waals surface area contributed by atoms with Gasteiger partial charge in [0, 0.05) is 35.1 Å². The number of hydrogen-bond donors (Lipinski definition) is 2. The molecule has 0 unspecified atom stereocenters. The highest BCUT2D eigenvalue weighted by Crippen LogP contribution is 2.29. The number of anilines is 2. The lowest BCUT2D eigenvalue weighted by Crippen LogP contribution is -2.15. The predicted molar refractivity (Wildman–Crippen MR) is 136 cm³/mol. The van der Waals surface area contributed by atoms with Gasteiger partial charge in [0.25, 0.3) is 5.91 Å². The van der Waals surface area contributed by atoms with Crippen molar-refractivity contribution in [3.8, 4) is 22.1 Å². The van der Waals surface area contributed by atoms with Gasteiger partial charge >= 0.3 is 0 Å². The molecule has 0 aliphatic rings. The fourth-order valence-electron chi connectivity index (χ4n) is 3.31. The van der Waals surface area contributed by atoms with Crippen LogP contribution >= 0.6 is 11.3 Å². The zero-order valence-corrected chi connectivity index (χ0v) is 20.1. The molecular formula is C26H24N4O4S. The Hall–Kier alpha value is -4.24. The highest BCUT2D eigenvalue weighted by Gasteiger charge is 2.13. The SMILES string of the molecule is CCOc1ccc(-c2nc(CC(=O)Nc3ccc(NC(=O)c4cccnc4)c(OC)c3)cs2)cc1. The van der Waals surface area contributed by atoms with Gasteiger partial charge in [0.05, 0.1) is 37.1 Å². The molecule has 0 aliphatic heterocycles. The molecule has 0 bridgehead atoms. The van der Waals surface area contributed by atoms with Gasteiger partial charge in [-0.2, -0.15) is 0 Å². The van der Waals surface area contributed by atoms with E-state index in [4.69, 9.17) is 9.47 Å². The molecule has 0 saturated carbocycles. The highest BCUT2D eigenvalue weighted by molar-refractivity contribution is 7.13. The molecule has 0 aliphatic carbocycles. The minimum Gasteiger partial charge on any atom is -0.494 e. The smallest absolute Gasteiger partial charge is 0.257 e. The van der Waals surface area contributed by atoms with Crippen molar-refractivity contribution >= 4 is 34.5 Å². The van der Waals surface area contributed by atoms with Crippen LogP contribution in [0.15, 0.2) is 72.4 Å². The van der Waals surface area contributed by atoms with Gasteiger partial charge in [0.15, 0.2) is 0 Å². The predicted octanol–water partition coefficient (Wildman–Crippen LogP) is 5.05. The van der Waals surface area contributed by atoms with E-state index in [1.807, 2.05) is 36.6 Å². The summed E-state index contributed by atoms with van der Waals surface area (Å²) in [6.45, 7) is 2.56. The summed E-state index contributed by atoms with van der Waals surface area (Å²) in [5.74, 6) is 0.722. The van der Waals surface area contributed by atoms with Crippen LogP contribution in [0.1, 0.15) is 23.0 Å². The summed E-state index contributed by atoms with van der Waals surface area (Å²) >= 11 is 1.49. The van der Waals surface area contributed by atoms with E-state index in [-0.39, 0.29) is 18.2 Å². The van der Waals surface area contributed by atoms with Crippen LogP contribution in [0.2, 0.25) is 0 Å². The lowest BCUT2D eigenvalue weighted by atomic mass is 10.2. The number of thiazole rings is 1. The second-order valence-corrected chi connectivity index (χ2v) is 8.30. The summed E-state index contributed by atoms with van der Waals surface area (Å²) in [4.78, 5) is 33.6. The van der Waals surface area contributed by atoms with Crippen molar-refractivity contribution in [2.45, 2.75) is 13.3 Å². The maximum Gasteiger partial charge on any atom is 0.257 e. The second kappa shape index (κ2) is 11.3. The Morgan fingerprint density at radius 3 is 2.60 bits per heavy atom. The average molecular weight is 489 g/mol. The van der Waals surface area contributed by atoms with Crippen LogP contribution in [0.25, 0.3) is 10.6 Å². The number of aromatic nitrogens is 2. The van der Waals surface area contributed by atoms with E-state index in [9.17, 15) is 9.59 Å². The maximum absolute atomic E-state index is 12.6. The first-order chi connectivity index (χ1) is 17.1. The molecule has 9 heteroatoms. The summed E-state index contributed by atoms with van der Waals surface area (Å²) in [5.41, 5.74) is 3.12. The Kier molecular flexibility index (Phi) is 7.69. The first-order valence-electron chi connectivity index (χ1n) is 10.9. The van der Waals surface area contributed by atoms with E-state index in [1.165, 1.54) is 24.6 Å². The maximum atomic E-state index is 12.6. The minimum absolute atomic E-state index is 0.134. The molecule has 0 fully saturated rings. The number of ether oxygens (including phenoxy) is 2. The van der Waals surface area contributed by atoms with Gasteiger partial charge in [-0.1, -0.05) is 0 Å².